The van der Waals surface area contributed by atoms with Crippen LogP contribution in [0.5, 0.6) is 5.75 Å². The molecule has 1 amide bonds. The first-order valence-corrected chi connectivity index (χ1v) is 8.34. The summed E-state index contributed by atoms with van der Waals surface area (Å²) in [6.45, 7) is 5.11. The van der Waals surface area contributed by atoms with Gasteiger partial charge in [0.1, 0.15) is 12.4 Å². The van der Waals surface area contributed by atoms with Crippen molar-refractivity contribution in [1.29, 1.82) is 0 Å². The molecule has 0 spiro atoms. The van der Waals surface area contributed by atoms with Gasteiger partial charge in [0.25, 0.3) is 0 Å². The van der Waals surface area contributed by atoms with E-state index in [9.17, 15) is 9.18 Å². The number of alkyl halides is 1. The zero-order chi connectivity index (χ0) is 18.4. The summed E-state index contributed by atoms with van der Waals surface area (Å²) in [5, 5.41) is 2.91. The molecule has 0 aliphatic heterocycles. The highest BCUT2D eigenvalue weighted by Crippen LogP contribution is 2.29. The van der Waals surface area contributed by atoms with Gasteiger partial charge in [-0.3, -0.25) is 5.32 Å². The van der Waals surface area contributed by atoms with Gasteiger partial charge >= 0.3 is 6.09 Å². The summed E-state index contributed by atoms with van der Waals surface area (Å²) in [5.74, 6) is 0.756. The lowest BCUT2D eigenvalue weighted by Crippen LogP contribution is -2.15. The van der Waals surface area contributed by atoms with Crippen molar-refractivity contribution in [2.75, 3.05) is 12.2 Å². The first-order valence-electron chi connectivity index (χ1n) is 7.96. The topological polar surface area (TPSA) is 47.6 Å². The Labute approximate surface area is 151 Å². The second-order valence-electron chi connectivity index (χ2n) is 5.62. The van der Waals surface area contributed by atoms with E-state index in [2.05, 4.69) is 23.0 Å². The van der Waals surface area contributed by atoms with Crippen LogP contribution in [0.25, 0.3) is 0 Å². The maximum absolute atomic E-state index is 12.1. The monoisotopic (exact) mass is 365 g/mol. The Morgan fingerprint density at radius 2 is 2.00 bits per heavy atom. The van der Waals surface area contributed by atoms with Crippen molar-refractivity contribution in [2.45, 2.75) is 33.8 Å². The maximum atomic E-state index is 12.1. The second-order valence-corrected chi connectivity index (χ2v) is 6.03. The molecule has 0 saturated carbocycles. The van der Waals surface area contributed by atoms with Gasteiger partial charge in [-0.1, -0.05) is 30.7 Å². The number of amides is 1. The molecule has 0 radical (unpaired) electrons. The molecule has 0 bridgehead atoms. The number of anilines is 1. The van der Waals surface area contributed by atoms with Crippen LogP contribution >= 0.6 is 11.6 Å². The maximum Gasteiger partial charge on any atom is 0.413 e. The van der Waals surface area contributed by atoms with E-state index in [4.69, 9.17) is 16.3 Å². The molecule has 2 aromatic carbocycles. The SMILES string of the molecule is CCc1cc(C)c(OCc2c(Cl)cccc2NC(=O)OCF)cc1C. The van der Waals surface area contributed by atoms with Crippen molar-refractivity contribution in [2.24, 2.45) is 0 Å². The first kappa shape index (κ1) is 19.1. The largest absolute Gasteiger partial charge is 0.488 e. The third-order valence-electron chi connectivity index (χ3n) is 3.93. The molecule has 2 aromatic rings. The van der Waals surface area contributed by atoms with Crippen molar-refractivity contribution in [3.8, 4) is 5.75 Å². The third-order valence-corrected chi connectivity index (χ3v) is 4.28. The van der Waals surface area contributed by atoms with E-state index >= 15 is 0 Å². The summed E-state index contributed by atoms with van der Waals surface area (Å²) in [6, 6.07) is 9.14. The lowest BCUT2D eigenvalue weighted by molar-refractivity contribution is 0.111. The van der Waals surface area contributed by atoms with Crippen LogP contribution < -0.4 is 10.1 Å². The number of carbonyl (C=O) groups is 1. The highest BCUT2D eigenvalue weighted by Gasteiger charge is 2.13. The summed E-state index contributed by atoms with van der Waals surface area (Å²) in [6.07, 6.45) is 0.0766. The van der Waals surface area contributed by atoms with Gasteiger partial charge in [-0.05, 0) is 55.2 Å². The molecule has 0 aliphatic rings. The number of rotatable bonds is 6. The lowest BCUT2D eigenvalue weighted by atomic mass is 10.0. The molecule has 134 valence electrons. The van der Waals surface area contributed by atoms with Crippen molar-refractivity contribution < 1.29 is 18.7 Å². The molecule has 6 heteroatoms. The van der Waals surface area contributed by atoms with Crippen molar-refractivity contribution >= 4 is 23.4 Å². The van der Waals surface area contributed by atoms with Crippen LogP contribution in [0.3, 0.4) is 0 Å². The molecular weight excluding hydrogens is 345 g/mol. The van der Waals surface area contributed by atoms with Crippen LogP contribution in [0, 0.1) is 13.8 Å². The van der Waals surface area contributed by atoms with Crippen LogP contribution in [0.4, 0.5) is 14.9 Å². The normalized spacial score (nSPS) is 10.4. The van der Waals surface area contributed by atoms with E-state index < -0.39 is 13.0 Å². The Balaban J connectivity index is 2.20. The standard InChI is InChI=1S/C19H21ClFNO3/c1-4-14-8-13(3)18(9-12(14)2)24-10-15-16(20)6-5-7-17(15)22-19(23)25-11-21/h5-9H,4,10-11H2,1-3H3,(H,22,23). The predicted octanol–water partition coefficient (Wildman–Crippen LogP) is 5.57. The highest BCUT2D eigenvalue weighted by atomic mass is 35.5. The van der Waals surface area contributed by atoms with E-state index in [-0.39, 0.29) is 6.61 Å². The van der Waals surface area contributed by atoms with Gasteiger partial charge in [0.2, 0.25) is 6.86 Å². The number of aryl methyl sites for hydroxylation is 3. The number of halogens is 2. The fourth-order valence-electron chi connectivity index (χ4n) is 2.55. The van der Waals surface area contributed by atoms with Gasteiger partial charge < -0.3 is 9.47 Å². The summed E-state index contributed by atoms with van der Waals surface area (Å²) >= 11 is 6.23. The Morgan fingerprint density at radius 3 is 2.68 bits per heavy atom. The minimum absolute atomic E-state index is 0.163. The Morgan fingerprint density at radius 1 is 1.24 bits per heavy atom. The minimum atomic E-state index is -1.19. The van der Waals surface area contributed by atoms with E-state index in [1.54, 1.807) is 18.2 Å². The lowest BCUT2D eigenvalue weighted by Gasteiger charge is -2.16. The quantitative estimate of drug-likeness (QED) is 0.727. The summed E-state index contributed by atoms with van der Waals surface area (Å²) in [5.41, 5.74) is 4.48. The molecule has 0 atom stereocenters. The molecule has 2 rings (SSSR count). The van der Waals surface area contributed by atoms with E-state index in [0.717, 1.165) is 23.3 Å². The van der Waals surface area contributed by atoms with Gasteiger partial charge in [0.05, 0.1) is 5.69 Å². The molecule has 1 N–H and O–H groups in total. The molecule has 25 heavy (non-hydrogen) atoms. The molecule has 0 aromatic heterocycles. The van der Waals surface area contributed by atoms with Crippen LogP contribution in [0.1, 0.15) is 29.2 Å². The fourth-order valence-corrected chi connectivity index (χ4v) is 2.78. The van der Waals surface area contributed by atoms with Crippen LogP contribution in [0.15, 0.2) is 30.3 Å². The molecule has 0 saturated heterocycles. The summed E-state index contributed by atoms with van der Waals surface area (Å²) in [7, 11) is 0. The summed E-state index contributed by atoms with van der Waals surface area (Å²) in [4.78, 5) is 11.5. The van der Waals surface area contributed by atoms with E-state index in [1.807, 2.05) is 19.9 Å². The minimum Gasteiger partial charge on any atom is -0.488 e. The van der Waals surface area contributed by atoms with Gasteiger partial charge in [0, 0.05) is 10.6 Å². The number of ether oxygens (including phenoxy) is 2. The first-order chi connectivity index (χ1) is 12.0. The Bertz CT molecular complexity index is 765. The molecule has 0 unspecified atom stereocenters. The van der Waals surface area contributed by atoms with Gasteiger partial charge in [0.15, 0.2) is 0 Å². The average molecular weight is 366 g/mol. The van der Waals surface area contributed by atoms with Crippen molar-refractivity contribution in [3.63, 3.8) is 0 Å². The van der Waals surface area contributed by atoms with Crippen LogP contribution in [-0.4, -0.2) is 13.0 Å². The second kappa shape index (κ2) is 8.72. The summed E-state index contributed by atoms with van der Waals surface area (Å²) < 4.78 is 22.3. The van der Waals surface area contributed by atoms with Crippen LogP contribution in [-0.2, 0) is 17.8 Å². The number of benzene rings is 2. The van der Waals surface area contributed by atoms with Gasteiger partial charge in [-0.15, -0.1) is 0 Å². The van der Waals surface area contributed by atoms with Gasteiger partial charge in [-0.2, -0.15) is 0 Å². The molecule has 0 aliphatic carbocycles. The molecule has 0 fully saturated rings. The number of hydrogen-bond donors (Lipinski definition) is 1. The third kappa shape index (κ3) is 4.86. The van der Waals surface area contributed by atoms with E-state index in [1.165, 1.54) is 5.56 Å². The van der Waals surface area contributed by atoms with Gasteiger partial charge in [-0.25, -0.2) is 9.18 Å². The fraction of sp³-hybridized carbons (Fsp3) is 0.316. The molecule has 0 heterocycles. The van der Waals surface area contributed by atoms with Crippen molar-refractivity contribution in [3.05, 3.63) is 57.6 Å². The zero-order valence-electron chi connectivity index (χ0n) is 14.5. The average Bonchev–Trinajstić information content (AvgIpc) is 2.57. The molecule has 4 nitrogen and oxygen atoms in total. The zero-order valence-corrected chi connectivity index (χ0v) is 15.2. The number of nitrogens with one attached hydrogen (secondary N) is 1. The number of hydrogen-bond acceptors (Lipinski definition) is 3. The number of carbonyl (C=O) groups excluding carboxylic acids is 1. The highest BCUT2D eigenvalue weighted by molar-refractivity contribution is 6.31. The van der Waals surface area contributed by atoms with E-state index in [0.29, 0.717) is 16.3 Å². The molecular formula is C19H21ClFNO3. The Hall–Kier alpha value is -2.27. The van der Waals surface area contributed by atoms with Crippen molar-refractivity contribution in [1.82, 2.24) is 0 Å². The smallest absolute Gasteiger partial charge is 0.413 e. The van der Waals surface area contributed by atoms with Crippen LogP contribution in [0.2, 0.25) is 5.02 Å². The Kier molecular flexibility index (Phi) is 6.65. The predicted molar refractivity (Wildman–Crippen MR) is 97.2 cm³/mol.